The molecule has 0 fully saturated rings. The number of hydrogen-bond acceptors (Lipinski definition) is 5. The van der Waals surface area contributed by atoms with Gasteiger partial charge in [0.15, 0.2) is 0 Å². The number of ether oxygens (including phenoxy) is 3. The third kappa shape index (κ3) is 6.38. The Hall–Kier alpha value is -4.26. The Morgan fingerprint density at radius 2 is 1.32 bits per heavy atom. The van der Waals surface area contributed by atoms with Crippen LogP contribution < -0.4 is 19.5 Å². The molecule has 3 aromatic carbocycles. The third-order valence-electron chi connectivity index (χ3n) is 4.90. The first-order chi connectivity index (χ1) is 16.3. The van der Waals surface area contributed by atoms with Crippen LogP contribution in [-0.2, 0) is 9.59 Å². The van der Waals surface area contributed by atoms with E-state index in [0.29, 0.717) is 34.3 Å². The van der Waals surface area contributed by atoms with Crippen LogP contribution in [0.5, 0.6) is 23.0 Å². The lowest BCUT2D eigenvalue weighted by molar-refractivity contribution is -0.122. The molecule has 1 N–H and O–H groups in total. The molecule has 2 amide bonds. The van der Waals surface area contributed by atoms with Crippen molar-refractivity contribution in [1.29, 1.82) is 0 Å². The van der Waals surface area contributed by atoms with Crippen molar-refractivity contribution in [3.63, 3.8) is 0 Å². The normalized spacial score (nSPS) is 10.9. The monoisotopic (exact) mass is 460 g/mol. The van der Waals surface area contributed by atoms with E-state index in [2.05, 4.69) is 5.32 Å². The Morgan fingerprint density at radius 3 is 1.79 bits per heavy atom. The standard InChI is InChI=1S/C27H28N2O5/c1-18(30)28-21-8-12-23(13-9-21)34-22-10-6-20(7-11-22)26(27(31)29(2)3)16-19-14-24(32-4)17-25(15-19)33-5/h6-17H,1-5H3,(H,28,30). The van der Waals surface area contributed by atoms with Crippen molar-refractivity contribution in [2.24, 2.45) is 0 Å². The fraction of sp³-hybridized carbons (Fsp3) is 0.185. The number of likely N-dealkylation sites (N-methyl/N-ethyl adjacent to an activating group) is 1. The van der Waals surface area contributed by atoms with Gasteiger partial charge in [0.25, 0.3) is 5.91 Å². The third-order valence-corrected chi connectivity index (χ3v) is 4.90. The number of benzene rings is 3. The fourth-order valence-corrected chi connectivity index (χ4v) is 3.24. The Balaban J connectivity index is 1.88. The molecule has 7 heteroatoms. The first-order valence-corrected chi connectivity index (χ1v) is 10.6. The lowest BCUT2D eigenvalue weighted by atomic mass is 10.0. The highest BCUT2D eigenvalue weighted by molar-refractivity contribution is 6.24. The number of carbonyl (C=O) groups excluding carboxylic acids is 2. The van der Waals surface area contributed by atoms with Gasteiger partial charge in [-0.3, -0.25) is 9.59 Å². The van der Waals surface area contributed by atoms with E-state index >= 15 is 0 Å². The molecule has 0 aliphatic rings. The molecule has 0 bridgehead atoms. The number of carbonyl (C=O) groups is 2. The van der Waals surface area contributed by atoms with Crippen LogP contribution in [0.2, 0.25) is 0 Å². The molecule has 176 valence electrons. The first kappa shape index (κ1) is 24.4. The number of anilines is 1. The highest BCUT2D eigenvalue weighted by Crippen LogP contribution is 2.29. The van der Waals surface area contributed by atoms with Crippen LogP contribution in [-0.4, -0.2) is 45.0 Å². The minimum atomic E-state index is -0.135. The van der Waals surface area contributed by atoms with Crippen LogP contribution in [0, 0.1) is 0 Å². The van der Waals surface area contributed by atoms with Gasteiger partial charge in [0.1, 0.15) is 23.0 Å². The zero-order valence-electron chi connectivity index (χ0n) is 19.9. The van der Waals surface area contributed by atoms with Gasteiger partial charge in [0.2, 0.25) is 5.91 Å². The summed E-state index contributed by atoms with van der Waals surface area (Å²) in [7, 11) is 6.59. The largest absolute Gasteiger partial charge is 0.497 e. The second kappa shape index (κ2) is 11.0. The van der Waals surface area contributed by atoms with Gasteiger partial charge in [-0.05, 0) is 65.7 Å². The summed E-state index contributed by atoms with van der Waals surface area (Å²) in [6.07, 6.45) is 1.81. The summed E-state index contributed by atoms with van der Waals surface area (Å²) in [5.41, 5.74) is 2.74. The van der Waals surface area contributed by atoms with E-state index in [4.69, 9.17) is 14.2 Å². The number of methoxy groups -OCH3 is 2. The molecular formula is C27H28N2O5. The molecule has 0 unspecified atom stereocenters. The van der Waals surface area contributed by atoms with Crippen molar-refractivity contribution >= 4 is 29.2 Å². The molecule has 0 saturated heterocycles. The number of nitrogens with zero attached hydrogens (tertiary/aromatic N) is 1. The molecule has 0 aliphatic carbocycles. The molecule has 7 nitrogen and oxygen atoms in total. The van der Waals surface area contributed by atoms with E-state index in [1.54, 1.807) is 70.8 Å². The molecular weight excluding hydrogens is 432 g/mol. The summed E-state index contributed by atoms with van der Waals surface area (Å²) in [6, 6.07) is 19.8. The second-order valence-corrected chi connectivity index (χ2v) is 7.74. The topological polar surface area (TPSA) is 77.1 Å². The van der Waals surface area contributed by atoms with Gasteiger partial charge < -0.3 is 24.4 Å². The van der Waals surface area contributed by atoms with Gasteiger partial charge in [0, 0.05) is 38.3 Å². The molecule has 0 spiro atoms. The van der Waals surface area contributed by atoms with Crippen LogP contribution in [0.4, 0.5) is 5.69 Å². The fourth-order valence-electron chi connectivity index (χ4n) is 3.24. The maximum Gasteiger partial charge on any atom is 0.253 e. The van der Waals surface area contributed by atoms with Crippen molar-refractivity contribution in [3.05, 3.63) is 77.9 Å². The number of nitrogens with one attached hydrogen (secondary N) is 1. The number of rotatable bonds is 8. The second-order valence-electron chi connectivity index (χ2n) is 7.74. The first-order valence-electron chi connectivity index (χ1n) is 10.6. The number of hydrogen-bond donors (Lipinski definition) is 1. The molecule has 3 aromatic rings. The molecule has 0 radical (unpaired) electrons. The summed E-state index contributed by atoms with van der Waals surface area (Å²) >= 11 is 0. The van der Waals surface area contributed by atoms with Gasteiger partial charge in [0.05, 0.1) is 14.2 Å². The van der Waals surface area contributed by atoms with Gasteiger partial charge in [-0.25, -0.2) is 0 Å². The SMILES string of the molecule is COc1cc(C=C(C(=O)N(C)C)c2ccc(Oc3ccc(NC(C)=O)cc3)cc2)cc(OC)c1. The average Bonchev–Trinajstić information content (AvgIpc) is 2.83. The van der Waals surface area contributed by atoms with Crippen LogP contribution in [0.25, 0.3) is 11.6 Å². The summed E-state index contributed by atoms with van der Waals surface area (Å²) in [4.78, 5) is 25.7. The number of amides is 2. The van der Waals surface area contributed by atoms with Gasteiger partial charge in [-0.1, -0.05) is 12.1 Å². The van der Waals surface area contributed by atoms with Gasteiger partial charge in [-0.15, -0.1) is 0 Å². The zero-order valence-corrected chi connectivity index (χ0v) is 19.9. The maximum atomic E-state index is 13.0. The predicted octanol–water partition coefficient (Wildman–Crippen LogP) is 5.08. The van der Waals surface area contributed by atoms with Gasteiger partial charge in [-0.2, -0.15) is 0 Å². The maximum absolute atomic E-state index is 13.0. The zero-order chi connectivity index (χ0) is 24.7. The highest BCUT2D eigenvalue weighted by Gasteiger charge is 2.15. The van der Waals surface area contributed by atoms with Crippen LogP contribution in [0.1, 0.15) is 18.1 Å². The predicted molar refractivity (Wildman–Crippen MR) is 133 cm³/mol. The molecule has 0 aliphatic heterocycles. The van der Waals surface area contributed by atoms with Gasteiger partial charge >= 0.3 is 0 Å². The molecule has 0 aromatic heterocycles. The molecule has 0 saturated carbocycles. The molecule has 0 atom stereocenters. The van der Waals surface area contributed by atoms with Crippen molar-refractivity contribution in [2.45, 2.75) is 6.92 Å². The van der Waals surface area contributed by atoms with Crippen molar-refractivity contribution in [2.75, 3.05) is 33.6 Å². The Labute approximate surface area is 199 Å². The lowest BCUT2D eigenvalue weighted by Crippen LogP contribution is -2.22. The summed E-state index contributed by atoms with van der Waals surface area (Å²) in [5, 5.41) is 2.72. The molecule has 3 rings (SSSR count). The Morgan fingerprint density at radius 1 is 0.794 bits per heavy atom. The summed E-state index contributed by atoms with van der Waals surface area (Å²) < 4.78 is 16.6. The van der Waals surface area contributed by atoms with E-state index in [0.717, 1.165) is 11.1 Å². The lowest BCUT2D eigenvalue weighted by Gasteiger charge is -2.15. The molecule has 34 heavy (non-hydrogen) atoms. The average molecular weight is 461 g/mol. The van der Waals surface area contributed by atoms with Crippen molar-refractivity contribution in [1.82, 2.24) is 4.90 Å². The van der Waals surface area contributed by atoms with Crippen molar-refractivity contribution < 1.29 is 23.8 Å². The smallest absolute Gasteiger partial charge is 0.253 e. The molecule has 0 heterocycles. The van der Waals surface area contributed by atoms with E-state index < -0.39 is 0 Å². The van der Waals surface area contributed by atoms with Crippen LogP contribution in [0.15, 0.2) is 66.7 Å². The summed E-state index contributed by atoms with van der Waals surface area (Å²) in [5.74, 6) is 2.25. The van der Waals surface area contributed by atoms with E-state index in [-0.39, 0.29) is 11.8 Å². The minimum absolute atomic E-state index is 0.132. The summed E-state index contributed by atoms with van der Waals surface area (Å²) in [6.45, 7) is 1.46. The van der Waals surface area contributed by atoms with E-state index in [1.807, 2.05) is 30.3 Å². The van der Waals surface area contributed by atoms with Crippen molar-refractivity contribution in [3.8, 4) is 23.0 Å². The quantitative estimate of drug-likeness (QED) is 0.375. The van der Waals surface area contributed by atoms with Crippen LogP contribution >= 0.6 is 0 Å². The highest BCUT2D eigenvalue weighted by atomic mass is 16.5. The van der Waals surface area contributed by atoms with E-state index in [1.165, 1.54) is 11.8 Å². The minimum Gasteiger partial charge on any atom is -0.497 e. The van der Waals surface area contributed by atoms with E-state index in [9.17, 15) is 9.59 Å². The van der Waals surface area contributed by atoms with Crippen LogP contribution in [0.3, 0.4) is 0 Å². The Bertz CT molecular complexity index is 1160. The Kier molecular flexibility index (Phi) is 7.92.